The highest BCUT2D eigenvalue weighted by Crippen LogP contribution is 2.28. The van der Waals surface area contributed by atoms with E-state index < -0.39 is 8.15 Å². The highest BCUT2D eigenvalue weighted by Gasteiger charge is 1.95. The molecule has 0 aliphatic rings. The SMILES string of the molecule is CNCCOP(C)CO. The number of nitrogens with one attached hydrogen (secondary N) is 1. The van der Waals surface area contributed by atoms with Crippen molar-refractivity contribution in [1.82, 2.24) is 5.32 Å². The second kappa shape index (κ2) is 6.43. The summed E-state index contributed by atoms with van der Waals surface area (Å²) in [5.41, 5.74) is 0. The zero-order valence-electron chi connectivity index (χ0n) is 5.92. The summed E-state index contributed by atoms with van der Waals surface area (Å²) in [6, 6.07) is 0. The predicted molar refractivity (Wildman–Crippen MR) is 39.8 cm³/mol. The molecule has 1 atom stereocenters. The fourth-order valence-corrected chi connectivity index (χ4v) is 0.829. The van der Waals surface area contributed by atoms with Crippen molar-refractivity contribution in [3.63, 3.8) is 0 Å². The fraction of sp³-hybridized carbons (Fsp3) is 1.00. The summed E-state index contributed by atoms with van der Waals surface area (Å²) in [4.78, 5) is 0. The molecule has 2 N–H and O–H groups in total. The molecule has 0 saturated carbocycles. The van der Waals surface area contributed by atoms with E-state index in [1.54, 1.807) is 0 Å². The van der Waals surface area contributed by atoms with Gasteiger partial charge in [-0.1, -0.05) is 0 Å². The largest absolute Gasteiger partial charge is 0.389 e. The Morgan fingerprint density at radius 2 is 2.33 bits per heavy atom. The van der Waals surface area contributed by atoms with Gasteiger partial charge in [0.15, 0.2) is 0 Å². The maximum Gasteiger partial charge on any atom is 0.0869 e. The Bertz CT molecular complexity index is 62.9. The molecule has 0 bridgehead atoms. The standard InChI is InChI=1S/C5H14NO2P/c1-6-3-4-8-9(2)5-7/h6-7H,3-5H2,1-2H3. The minimum Gasteiger partial charge on any atom is -0.389 e. The minimum absolute atomic E-state index is 0.166. The first-order valence-corrected chi connectivity index (χ1v) is 4.80. The third-order valence-corrected chi connectivity index (χ3v) is 1.88. The molecule has 9 heavy (non-hydrogen) atoms. The molecule has 0 amide bonds. The normalized spacial score (nSPS) is 13.7. The highest BCUT2D eigenvalue weighted by molar-refractivity contribution is 7.51. The molecule has 0 aromatic rings. The van der Waals surface area contributed by atoms with Gasteiger partial charge in [0, 0.05) is 6.54 Å². The van der Waals surface area contributed by atoms with E-state index in [2.05, 4.69) is 5.32 Å². The molecule has 0 aromatic heterocycles. The van der Waals surface area contributed by atoms with Gasteiger partial charge < -0.3 is 14.9 Å². The third-order valence-electron chi connectivity index (χ3n) is 0.863. The summed E-state index contributed by atoms with van der Waals surface area (Å²) in [6.45, 7) is 3.46. The second-order valence-electron chi connectivity index (χ2n) is 1.71. The smallest absolute Gasteiger partial charge is 0.0869 e. The molecule has 0 radical (unpaired) electrons. The van der Waals surface area contributed by atoms with Crippen molar-refractivity contribution in [1.29, 1.82) is 0 Å². The van der Waals surface area contributed by atoms with Crippen LogP contribution in [0.5, 0.6) is 0 Å². The van der Waals surface area contributed by atoms with E-state index in [4.69, 9.17) is 9.63 Å². The number of aliphatic hydroxyl groups is 1. The van der Waals surface area contributed by atoms with E-state index in [0.29, 0.717) is 6.61 Å². The molecule has 0 rings (SSSR count). The topological polar surface area (TPSA) is 41.5 Å². The van der Waals surface area contributed by atoms with Crippen molar-refractivity contribution >= 4 is 8.15 Å². The first kappa shape index (κ1) is 9.31. The average molecular weight is 151 g/mol. The lowest BCUT2D eigenvalue weighted by molar-refractivity contribution is 0.311. The van der Waals surface area contributed by atoms with Crippen LogP contribution in [0.4, 0.5) is 0 Å². The van der Waals surface area contributed by atoms with Crippen molar-refractivity contribution in [3.05, 3.63) is 0 Å². The maximum absolute atomic E-state index is 8.52. The minimum atomic E-state index is -0.574. The second-order valence-corrected chi connectivity index (χ2v) is 3.50. The Balaban J connectivity index is 2.88. The van der Waals surface area contributed by atoms with E-state index in [1.165, 1.54) is 0 Å². The van der Waals surface area contributed by atoms with Crippen LogP contribution in [0.2, 0.25) is 0 Å². The van der Waals surface area contributed by atoms with Gasteiger partial charge in [-0.2, -0.15) is 0 Å². The zero-order chi connectivity index (χ0) is 7.11. The lowest BCUT2D eigenvalue weighted by Gasteiger charge is -2.08. The van der Waals surface area contributed by atoms with Crippen molar-refractivity contribution in [3.8, 4) is 0 Å². The van der Waals surface area contributed by atoms with Crippen molar-refractivity contribution < 1.29 is 9.63 Å². The summed E-state index contributed by atoms with van der Waals surface area (Å²) in [5, 5.41) is 11.5. The molecule has 3 nitrogen and oxygen atoms in total. The van der Waals surface area contributed by atoms with Crippen LogP contribution < -0.4 is 5.32 Å². The number of hydrogen-bond donors (Lipinski definition) is 2. The lowest BCUT2D eigenvalue weighted by Crippen LogP contribution is -2.12. The molecule has 0 spiro atoms. The lowest BCUT2D eigenvalue weighted by atomic mass is 10.7. The molecule has 1 unspecified atom stereocenters. The molecule has 0 heterocycles. The van der Waals surface area contributed by atoms with Gasteiger partial charge in [0.1, 0.15) is 0 Å². The highest BCUT2D eigenvalue weighted by atomic mass is 31.1. The number of aliphatic hydroxyl groups excluding tert-OH is 1. The van der Waals surface area contributed by atoms with Gasteiger partial charge in [-0.05, 0) is 13.7 Å². The molecule has 0 aromatic carbocycles. The first-order valence-electron chi connectivity index (χ1n) is 2.90. The van der Waals surface area contributed by atoms with Crippen molar-refractivity contribution in [2.45, 2.75) is 0 Å². The van der Waals surface area contributed by atoms with E-state index in [1.807, 2.05) is 13.7 Å². The molecule has 56 valence electrons. The van der Waals surface area contributed by atoms with Gasteiger partial charge in [0.2, 0.25) is 0 Å². The Kier molecular flexibility index (Phi) is 6.65. The maximum atomic E-state index is 8.52. The summed E-state index contributed by atoms with van der Waals surface area (Å²) >= 11 is 0. The zero-order valence-corrected chi connectivity index (χ0v) is 6.82. The van der Waals surface area contributed by atoms with Gasteiger partial charge in [-0.3, -0.25) is 0 Å². The molecule has 0 saturated heterocycles. The fourth-order valence-electron chi connectivity index (χ4n) is 0.344. The quantitative estimate of drug-likeness (QED) is 0.435. The molecular weight excluding hydrogens is 137 g/mol. The van der Waals surface area contributed by atoms with Gasteiger partial charge in [-0.25, -0.2) is 0 Å². The molecule has 0 fully saturated rings. The number of hydrogen-bond acceptors (Lipinski definition) is 3. The van der Waals surface area contributed by atoms with Crippen LogP contribution in [-0.4, -0.2) is 38.3 Å². The van der Waals surface area contributed by atoms with Crippen LogP contribution in [-0.2, 0) is 4.52 Å². The Hall–Kier alpha value is 0.310. The molecule has 0 aliphatic carbocycles. The monoisotopic (exact) mass is 151 g/mol. The predicted octanol–water partition coefficient (Wildman–Crippen LogP) is 0.199. The van der Waals surface area contributed by atoms with Crippen LogP contribution in [0.15, 0.2) is 0 Å². The van der Waals surface area contributed by atoms with Gasteiger partial charge in [0.25, 0.3) is 0 Å². The van der Waals surface area contributed by atoms with Crippen LogP contribution in [0.1, 0.15) is 0 Å². The summed E-state index contributed by atoms with van der Waals surface area (Å²) < 4.78 is 5.18. The van der Waals surface area contributed by atoms with Crippen molar-refractivity contribution in [2.75, 3.05) is 33.2 Å². The van der Waals surface area contributed by atoms with Crippen LogP contribution in [0, 0.1) is 0 Å². The van der Waals surface area contributed by atoms with E-state index in [9.17, 15) is 0 Å². The van der Waals surface area contributed by atoms with Crippen molar-refractivity contribution in [2.24, 2.45) is 0 Å². The van der Waals surface area contributed by atoms with Crippen LogP contribution in [0.25, 0.3) is 0 Å². The van der Waals surface area contributed by atoms with Crippen LogP contribution in [0.3, 0.4) is 0 Å². The van der Waals surface area contributed by atoms with Gasteiger partial charge in [0.05, 0.1) is 21.1 Å². The molecular formula is C5H14NO2P. The Morgan fingerprint density at radius 1 is 1.67 bits per heavy atom. The van der Waals surface area contributed by atoms with Gasteiger partial charge in [-0.15, -0.1) is 0 Å². The third kappa shape index (κ3) is 6.19. The van der Waals surface area contributed by atoms with Gasteiger partial charge >= 0.3 is 0 Å². The molecule has 4 heteroatoms. The molecule has 0 aliphatic heterocycles. The number of likely N-dealkylation sites (N-methyl/N-ethyl adjacent to an activating group) is 1. The number of rotatable bonds is 5. The Morgan fingerprint density at radius 3 is 2.78 bits per heavy atom. The van der Waals surface area contributed by atoms with Crippen LogP contribution >= 0.6 is 8.15 Å². The summed E-state index contributed by atoms with van der Waals surface area (Å²) in [5.74, 6) is 0. The Labute approximate surface area is 57.2 Å². The van der Waals surface area contributed by atoms with E-state index in [-0.39, 0.29) is 6.35 Å². The van der Waals surface area contributed by atoms with E-state index >= 15 is 0 Å². The summed E-state index contributed by atoms with van der Waals surface area (Å²) in [6.07, 6.45) is 0.166. The summed E-state index contributed by atoms with van der Waals surface area (Å²) in [7, 11) is 1.30. The average Bonchev–Trinajstić information content (AvgIpc) is 1.89. The van der Waals surface area contributed by atoms with E-state index in [0.717, 1.165) is 6.54 Å². The first-order chi connectivity index (χ1) is 4.31.